The van der Waals surface area contributed by atoms with E-state index in [2.05, 4.69) is 4.74 Å². The number of H-pyrrole nitrogens is 1. The summed E-state index contributed by atoms with van der Waals surface area (Å²) in [7, 11) is -4.35. The summed E-state index contributed by atoms with van der Waals surface area (Å²) in [4.78, 5) is 23.3. The molecule has 1 aromatic heterocycles. The fourth-order valence-electron chi connectivity index (χ4n) is 1.21. The van der Waals surface area contributed by atoms with Gasteiger partial charge in [0.15, 0.2) is 4.90 Å². The molecule has 0 aliphatic carbocycles. The maximum Gasteiger partial charge on any atom is 0.411 e. The quantitative estimate of drug-likeness (QED) is 0.658. The van der Waals surface area contributed by atoms with Gasteiger partial charge in [0.25, 0.3) is 5.56 Å². The zero-order valence-corrected chi connectivity index (χ0v) is 10.6. The minimum absolute atomic E-state index is 0.381. The predicted molar refractivity (Wildman–Crippen MR) is 59.6 cm³/mol. The van der Waals surface area contributed by atoms with E-state index in [0.29, 0.717) is 10.8 Å². The van der Waals surface area contributed by atoms with Gasteiger partial charge in [-0.15, -0.1) is 0 Å². The molecule has 0 saturated heterocycles. The molecule has 0 radical (unpaired) electrons. The molecule has 8 nitrogen and oxygen atoms in total. The second-order valence-electron chi connectivity index (χ2n) is 3.66. The van der Waals surface area contributed by atoms with E-state index < -0.39 is 45.6 Å². The second kappa shape index (κ2) is 5.76. The van der Waals surface area contributed by atoms with E-state index >= 15 is 0 Å². The highest BCUT2D eigenvalue weighted by molar-refractivity contribution is 7.89. The molecule has 0 aliphatic heterocycles. The van der Waals surface area contributed by atoms with Gasteiger partial charge in [-0.3, -0.25) is 14.3 Å². The summed E-state index contributed by atoms with van der Waals surface area (Å²) in [5.41, 5.74) is -2.19. The van der Waals surface area contributed by atoms with Gasteiger partial charge < -0.3 is 4.74 Å². The number of hydrogen-bond acceptors (Lipinski definition) is 5. The third kappa shape index (κ3) is 4.79. The van der Waals surface area contributed by atoms with Crippen molar-refractivity contribution in [2.45, 2.75) is 17.6 Å². The Morgan fingerprint density at radius 1 is 1.35 bits per heavy atom. The van der Waals surface area contributed by atoms with Crippen molar-refractivity contribution in [2.75, 3.05) is 13.2 Å². The van der Waals surface area contributed by atoms with Crippen molar-refractivity contribution in [1.29, 1.82) is 0 Å². The van der Waals surface area contributed by atoms with Crippen LogP contribution in [-0.2, 0) is 21.3 Å². The molecule has 3 N–H and O–H groups in total. The van der Waals surface area contributed by atoms with Crippen LogP contribution in [0.5, 0.6) is 0 Å². The van der Waals surface area contributed by atoms with E-state index in [0.717, 1.165) is 0 Å². The highest BCUT2D eigenvalue weighted by Gasteiger charge is 2.27. The third-order valence-corrected chi connectivity index (χ3v) is 2.93. The van der Waals surface area contributed by atoms with Crippen LogP contribution >= 0.6 is 0 Å². The Morgan fingerprint density at radius 2 is 1.95 bits per heavy atom. The summed E-state index contributed by atoms with van der Waals surface area (Å²) in [6.07, 6.45) is -3.87. The maximum atomic E-state index is 11.8. The average molecular weight is 317 g/mol. The van der Waals surface area contributed by atoms with Crippen molar-refractivity contribution in [3.8, 4) is 0 Å². The number of halogens is 3. The van der Waals surface area contributed by atoms with Gasteiger partial charge in [-0.1, -0.05) is 0 Å². The van der Waals surface area contributed by atoms with Crippen LogP contribution in [0.25, 0.3) is 0 Å². The number of nitrogens with zero attached hydrogens (tertiary/aromatic N) is 1. The second-order valence-corrected chi connectivity index (χ2v) is 5.19. The van der Waals surface area contributed by atoms with Crippen LogP contribution < -0.4 is 16.4 Å². The van der Waals surface area contributed by atoms with Gasteiger partial charge in [0.1, 0.15) is 6.61 Å². The van der Waals surface area contributed by atoms with Crippen molar-refractivity contribution in [1.82, 2.24) is 9.55 Å². The molecule has 12 heteroatoms. The summed E-state index contributed by atoms with van der Waals surface area (Å²) in [5.74, 6) is 0. The SMILES string of the molecule is NS(=O)(=O)c1cn(CCOCC(F)(F)F)c(=O)[nH]c1=O. The number of alkyl halides is 3. The molecular formula is C8H10F3N3O5S. The summed E-state index contributed by atoms with van der Waals surface area (Å²) in [6, 6.07) is 0. The fourth-order valence-corrected chi connectivity index (χ4v) is 1.79. The van der Waals surface area contributed by atoms with Gasteiger partial charge in [-0.05, 0) is 0 Å². The molecule has 1 rings (SSSR count). The lowest BCUT2D eigenvalue weighted by Crippen LogP contribution is -2.35. The first-order valence-electron chi connectivity index (χ1n) is 5.02. The number of rotatable bonds is 5. The Kier molecular flexibility index (Phi) is 4.73. The zero-order valence-electron chi connectivity index (χ0n) is 9.81. The molecule has 0 atom stereocenters. The molecule has 0 unspecified atom stereocenters. The van der Waals surface area contributed by atoms with Gasteiger partial charge in [-0.2, -0.15) is 13.2 Å². The summed E-state index contributed by atoms with van der Waals surface area (Å²) < 4.78 is 62.4. The average Bonchev–Trinajstić information content (AvgIpc) is 2.23. The van der Waals surface area contributed by atoms with Crippen LogP contribution in [0.2, 0.25) is 0 Å². The first kappa shape index (κ1) is 16.4. The molecule has 1 heterocycles. The number of ether oxygens (including phenoxy) is 1. The monoisotopic (exact) mass is 317 g/mol. The highest BCUT2D eigenvalue weighted by Crippen LogP contribution is 2.14. The number of aromatic nitrogens is 2. The minimum atomic E-state index is -4.51. The third-order valence-electron chi connectivity index (χ3n) is 2.03. The van der Waals surface area contributed by atoms with E-state index in [4.69, 9.17) is 5.14 Å². The number of aromatic amines is 1. The number of hydrogen-bond donors (Lipinski definition) is 2. The smallest absolute Gasteiger partial charge is 0.370 e. The largest absolute Gasteiger partial charge is 0.411 e. The Labute approximate surface area is 110 Å². The van der Waals surface area contributed by atoms with Crippen molar-refractivity contribution in [3.63, 3.8) is 0 Å². The van der Waals surface area contributed by atoms with Crippen molar-refractivity contribution in [2.24, 2.45) is 5.14 Å². The van der Waals surface area contributed by atoms with Gasteiger partial charge in [0.05, 0.1) is 13.2 Å². The Morgan fingerprint density at radius 3 is 2.45 bits per heavy atom. The molecule has 0 bridgehead atoms. The van der Waals surface area contributed by atoms with Crippen LogP contribution in [-0.4, -0.2) is 37.4 Å². The lowest BCUT2D eigenvalue weighted by Gasteiger charge is -2.09. The number of nitrogens with two attached hydrogens (primary N) is 1. The molecule has 0 aliphatic rings. The van der Waals surface area contributed by atoms with E-state index in [9.17, 15) is 31.2 Å². The number of nitrogens with one attached hydrogen (secondary N) is 1. The summed E-state index contributed by atoms with van der Waals surface area (Å²) in [6.45, 7) is -2.39. The van der Waals surface area contributed by atoms with Crippen molar-refractivity contribution < 1.29 is 26.3 Å². The lowest BCUT2D eigenvalue weighted by molar-refractivity contribution is -0.174. The van der Waals surface area contributed by atoms with E-state index in [-0.39, 0.29) is 6.54 Å². The minimum Gasteiger partial charge on any atom is -0.370 e. The van der Waals surface area contributed by atoms with E-state index in [1.54, 1.807) is 4.98 Å². The molecule has 0 saturated carbocycles. The number of primary sulfonamides is 1. The zero-order chi connectivity index (χ0) is 15.6. The molecule has 0 aromatic carbocycles. The van der Waals surface area contributed by atoms with Crippen molar-refractivity contribution >= 4 is 10.0 Å². The highest BCUT2D eigenvalue weighted by atomic mass is 32.2. The molecule has 0 amide bonds. The van der Waals surface area contributed by atoms with Gasteiger partial charge >= 0.3 is 11.9 Å². The number of sulfonamides is 1. The normalized spacial score (nSPS) is 12.6. The first-order chi connectivity index (χ1) is 9.00. The standard InChI is InChI=1S/C8H10F3N3O5S/c9-8(10,11)4-19-2-1-14-3-5(20(12,17)18)6(15)13-7(14)16/h3H,1-2,4H2,(H2,12,17,18)(H,13,15,16). The maximum absolute atomic E-state index is 11.8. The summed E-state index contributed by atoms with van der Waals surface area (Å²) >= 11 is 0. The van der Waals surface area contributed by atoms with Gasteiger partial charge in [0, 0.05) is 6.20 Å². The van der Waals surface area contributed by atoms with Crippen LogP contribution in [0.3, 0.4) is 0 Å². The molecular weight excluding hydrogens is 307 g/mol. The molecule has 20 heavy (non-hydrogen) atoms. The van der Waals surface area contributed by atoms with Crippen LogP contribution in [0, 0.1) is 0 Å². The first-order valence-corrected chi connectivity index (χ1v) is 6.56. The van der Waals surface area contributed by atoms with E-state index in [1.165, 1.54) is 0 Å². The molecule has 1 aromatic rings. The summed E-state index contributed by atoms with van der Waals surface area (Å²) in [5, 5.41) is 4.75. The van der Waals surface area contributed by atoms with Crippen LogP contribution in [0.1, 0.15) is 0 Å². The molecule has 0 spiro atoms. The van der Waals surface area contributed by atoms with Crippen molar-refractivity contribution in [3.05, 3.63) is 27.0 Å². The van der Waals surface area contributed by atoms with Crippen LogP contribution in [0.4, 0.5) is 13.2 Å². The fraction of sp³-hybridized carbons (Fsp3) is 0.500. The molecule has 0 fully saturated rings. The van der Waals surface area contributed by atoms with E-state index in [1.807, 2.05) is 0 Å². The van der Waals surface area contributed by atoms with Gasteiger partial charge in [-0.25, -0.2) is 18.4 Å². The molecule has 114 valence electrons. The predicted octanol–water partition coefficient (Wildman–Crippen LogP) is -1.24. The Hall–Kier alpha value is -1.66. The lowest BCUT2D eigenvalue weighted by atomic mass is 10.6. The van der Waals surface area contributed by atoms with Gasteiger partial charge in [0.2, 0.25) is 10.0 Å². The Balaban J connectivity index is 2.87. The topological polar surface area (TPSA) is 124 Å². The van der Waals surface area contributed by atoms with Crippen LogP contribution in [0.15, 0.2) is 20.7 Å². The Bertz CT molecular complexity index is 691.